The van der Waals surface area contributed by atoms with Crippen LogP contribution in [-0.2, 0) is 6.42 Å². The van der Waals surface area contributed by atoms with Crippen LogP contribution in [0.1, 0.15) is 45.1 Å². The number of pyridine rings is 1. The molecule has 0 spiro atoms. The summed E-state index contributed by atoms with van der Waals surface area (Å²) < 4.78 is 52.2. The lowest BCUT2D eigenvalue weighted by molar-refractivity contribution is 0.0412. The van der Waals surface area contributed by atoms with Crippen LogP contribution in [0.25, 0.3) is 32.9 Å². The predicted octanol–water partition coefficient (Wildman–Crippen LogP) is 4.81. The number of halogens is 3. The van der Waals surface area contributed by atoms with E-state index in [0.29, 0.717) is 48.7 Å². The minimum absolute atomic E-state index is 0.0801. The summed E-state index contributed by atoms with van der Waals surface area (Å²) in [5.41, 5.74) is 2.15. The minimum Gasteiger partial charge on any atom is -0.508 e. The van der Waals surface area contributed by atoms with Gasteiger partial charge in [0.1, 0.15) is 35.6 Å². The number of aromatic hydroxyl groups is 1. The lowest BCUT2D eigenvalue weighted by atomic mass is 9.94. The van der Waals surface area contributed by atoms with Gasteiger partial charge in [-0.25, -0.2) is 18.6 Å². The van der Waals surface area contributed by atoms with Gasteiger partial charge in [0.05, 0.1) is 23.1 Å². The number of rotatable bonds is 6. The van der Waals surface area contributed by atoms with E-state index in [4.69, 9.17) is 4.74 Å². The van der Waals surface area contributed by atoms with Gasteiger partial charge in [0, 0.05) is 31.3 Å². The van der Waals surface area contributed by atoms with Crippen LogP contribution < -0.4 is 15.2 Å². The van der Waals surface area contributed by atoms with Crippen molar-refractivity contribution in [1.82, 2.24) is 25.3 Å². The topological polar surface area (TPSA) is 107 Å². The summed E-state index contributed by atoms with van der Waals surface area (Å²) in [5, 5.41) is 24.3. The molecular formula is C32H35F3N6O3. The molecule has 7 rings (SSSR count). The van der Waals surface area contributed by atoms with E-state index in [9.17, 15) is 19.0 Å². The van der Waals surface area contributed by atoms with Crippen LogP contribution in [-0.4, -0.2) is 80.2 Å². The molecule has 2 aromatic heterocycles. The lowest BCUT2D eigenvalue weighted by Gasteiger charge is -2.38. The molecule has 44 heavy (non-hydrogen) atoms. The van der Waals surface area contributed by atoms with E-state index in [0.717, 1.165) is 19.4 Å². The molecule has 3 aliphatic heterocycles. The number of aryl methyl sites for hydroxylation is 1. The van der Waals surface area contributed by atoms with Crippen molar-refractivity contribution >= 4 is 27.5 Å². The van der Waals surface area contributed by atoms with E-state index in [1.54, 1.807) is 18.0 Å². The molecule has 0 amide bonds. The molecule has 3 N–H and O–H groups in total. The lowest BCUT2D eigenvalue weighted by Crippen LogP contribution is -2.55. The van der Waals surface area contributed by atoms with Gasteiger partial charge in [0.2, 0.25) is 0 Å². The fourth-order valence-electron chi connectivity index (χ4n) is 7.25. The second kappa shape index (κ2) is 10.7. The van der Waals surface area contributed by atoms with Gasteiger partial charge in [-0.1, -0.05) is 13.0 Å². The first-order chi connectivity index (χ1) is 21.1. The van der Waals surface area contributed by atoms with Crippen LogP contribution in [0.15, 0.2) is 30.5 Å². The summed E-state index contributed by atoms with van der Waals surface area (Å²) in [6.07, 6.45) is 3.44. The minimum atomic E-state index is -1.03. The molecule has 12 heteroatoms. The van der Waals surface area contributed by atoms with Gasteiger partial charge in [-0.2, -0.15) is 9.97 Å². The highest BCUT2D eigenvalue weighted by molar-refractivity contribution is 6.01. The van der Waals surface area contributed by atoms with Gasteiger partial charge in [-0.05, 0) is 73.7 Å². The van der Waals surface area contributed by atoms with Gasteiger partial charge in [-0.3, -0.25) is 14.9 Å². The Kier molecular flexibility index (Phi) is 7.06. The largest absolute Gasteiger partial charge is 0.508 e. The molecule has 9 nitrogen and oxygen atoms in total. The third kappa shape index (κ3) is 4.89. The third-order valence-electron chi connectivity index (χ3n) is 9.36. The van der Waals surface area contributed by atoms with Crippen LogP contribution in [0.3, 0.4) is 0 Å². The Labute approximate surface area is 252 Å². The number of fused-ring (bicyclic) bond motifs is 3. The fourth-order valence-corrected chi connectivity index (χ4v) is 7.25. The summed E-state index contributed by atoms with van der Waals surface area (Å²) in [6, 6.07) is 5.68. The standard InChI is InChI=1S/C32H35F3N6O3/c1-3-21-24(34)6-5-18-11-20(42)12-22(25(18)21)27-26(35)28-23(14-36-27)29(41-16-31(2,43)8-9-37-41)39-30(38-28)44-17-32-7-4-10-40(32)15-19(33)13-32/h5-6,11-12,14,19,37,42-43H,3-4,7-10,13,15-17H2,1-2H3/t19-,31?,32+/m1/s1. The number of benzene rings is 2. The zero-order valence-electron chi connectivity index (χ0n) is 24.7. The highest BCUT2D eigenvalue weighted by atomic mass is 19.1. The zero-order valence-corrected chi connectivity index (χ0v) is 24.7. The smallest absolute Gasteiger partial charge is 0.319 e. The van der Waals surface area contributed by atoms with E-state index in [1.807, 2.05) is 6.92 Å². The Balaban J connectivity index is 1.38. The first-order valence-corrected chi connectivity index (χ1v) is 15.1. The van der Waals surface area contributed by atoms with Crippen molar-refractivity contribution in [2.45, 2.75) is 63.3 Å². The van der Waals surface area contributed by atoms with Crippen molar-refractivity contribution in [2.75, 3.05) is 37.8 Å². The highest BCUT2D eigenvalue weighted by Crippen LogP contribution is 2.42. The van der Waals surface area contributed by atoms with Crippen LogP contribution in [0, 0.1) is 11.6 Å². The van der Waals surface area contributed by atoms with Gasteiger partial charge in [0.25, 0.3) is 0 Å². The van der Waals surface area contributed by atoms with E-state index >= 15 is 4.39 Å². The fraction of sp³-hybridized carbons (Fsp3) is 0.469. The normalized spacial score (nSPS) is 25.7. The maximum absolute atomic E-state index is 16.7. The second-order valence-electron chi connectivity index (χ2n) is 12.6. The number of hydrogen-bond acceptors (Lipinski definition) is 9. The molecular weight excluding hydrogens is 573 g/mol. The second-order valence-corrected chi connectivity index (χ2v) is 12.6. The molecule has 3 aliphatic rings. The van der Waals surface area contributed by atoms with Crippen molar-refractivity contribution in [1.29, 1.82) is 0 Å². The Hall–Kier alpha value is -3.74. The van der Waals surface area contributed by atoms with E-state index in [1.165, 1.54) is 24.4 Å². The number of β-amino-alcohol motifs (C(OH)–C–C–N with tert-alkyl or cyclic N) is 1. The summed E-state index contributed by atoms with van der Waals surface area (Å²) in [6.45, 7) is 5.46. The first kappa shape index (κ1) is 29.0. The number of aromatic nitrogens is 3. The Bertz CT molecular complexity index is 1770. The summed E-state index contributed by atoms with van der Waals surface area (Å²) in [5.74, 6) is -1.06. The maximum Gasteiger partial charge on any atom is 0.319 e. The number of aliphatic hydroxyl groups is 1. The van der Waals surface area contributed by atoms with Gasteiger partial charge < -0.3 is 14.9 Å². The molecule has 232 valence electrons. The molecule has 3 fully saturated rings. The number of phenolic OH excluding ortho intramolecular Hbond substituents is 1. The van der Waals surface area contributed by atoms with Gasteiger partial charge >= 0.3 is 6.01 Å². The monoisotopic (exact) mass is 608 g/mol. The van der Waals surface area contributed by atoms with Crippen molar-refractivity contribution in [2.24, 2.45) is 0 Å². The molecule has 0 aliphatic carbocycles. The average molecular weight is 609 g/mol. The molecule has 0 radical (unpaired) electrons. The Morgan fingerprint density at radius 2 is 2.02 bits per heavy atom. The molecule has 2 aromatic carbocycles. The van der Waals surface area contributed by atoms with E-state index in [-0.39, 0.29) is 52.9 Å². The molecule has 4 aromatic rings. The van der Waals surface area contributed by atoms with Crippen molar-refractivity contribution in [3.8, 4) is 23.0 Å². The van der Waals surface area contributed by atoms with Crippen LogP contribution in [0.4, 0.5) is 19.0 Å². The van der Waals surface area contributed by atoms with Gasteiger partial charge in [0.15, 0.2) is 11.6 Å². The average Bonchev–Trinajstić information content (AvgIpc) is 3.51. The van der Waals surface area contributed by atoms with Crippen LogP contribution in [0.2, 0.25) is 0 Å². The molecule has 0 bridgehead atoms. The SMILES string of the molecule is CCc1c(F)ccc2cc(O)cc(-c3ncc4c(N5CC(C)(O)CCN5)nc(OC[C@@]56CCCN5C[C@H](F)C6)nc4c3F)c12. The number of anilines is 1. The number of alkyl halides is 1. The maximum atomic E-state index is 16.7. The molecule has 1 unspecified atom stereocenters. The number of hydrazine groups is 1. The van der Waals surface area contributed by atoms with Crippen LogP contribution >= 0.6 is 0 Å². The molecule has 3 atom stereocenters. The number of ether oxygens (including phenoxy) is 1. The first-order valence-electron chi connectivity index (χ1n) is 15.1. The number of hydrogen-bond donors (Lipinski definition) is 3. The Morgan fingerprint density at radius 3 is 2.82 bits per heavy atom. The summed E-state index contributed by atoms with van der Waals surface area (Å²) in [4.78, 5) is 15.7. The van der Waals surface area contributed by atoms with Crippen molar-refractivity contribution in [3.05, 3.63) is 47.7 Å². The zero-order chi connectivity index (χ0) is 30.8. The number of nitrogens with one attached hydrogen (secondary N) is 1. The molecule has 0 saturated carbocycles. The predicted molar refractivity (Wildman–Crippen MR) is 160 cm³/mol. The third-order valence-corrected chi connectivity index (χ3v) is 9.36. The quantitative estimate of drug-likeness (QED) is 0.284. The molecule has 5 heterocycles. The molecule has 3 saturated heterocycles. The van der Waals surface area contributed by atoms with Crippen molar-refractivity contribution < 1.29 is 28.1 Å². The summed E-state index contributed by atoms with van der Waals surface area (Å²) in [7, 11) is 0. The number of phenols is 1. The highest BCUT2D eigenvalue weighted by Gasteiger charge is 2.49. The number of nitrogens with zero attached hydrogens (tertiary/aromatic N) is 5. The van der Waals surface area contributed by atoms with Crippen molar-refractivity contribution in [3.63, 3.8) is 0 Å². The van der Waals surface area contributed by atoms with E-state index in [2.05, 4.69) is 25.3 Å². The van der Waals surface area contributed by atoms with Gasteiger partial charge in [-0.15, -0.1) is 0 Å². The van der Waals surface area contributed by atoms with E-state index < -0.39 is 28.9 Å². The summed E-state index contributed by atoms with van der Waals surface area (Å²) >= 11 is 0. The van der Waals surface area contributed by atoms with Crippen LogP contribution in [0.5, 0.6) is 11.8 Å². The Morgan fingerprint density at radius 1 is 1.18 bits per heavy atom.